The van der Waals surface area contributed by atoms with Gasteiger partial charge >= 0.3 is 13.1 Å². The van der Waals surface area contributed by atoms with Crippen LogP contribution in [-0.2, 0) is 23.6 Å². The summed E-state index contributed by atoms with van der Waals surface area (Å²) >= 11 is 0. The molecule has 1 aliphatic rings. The lowest BCUT2D eigenvalue weighted by molar-refractivity contribution is -0.163. The van der Waals surface area contributed by atoms with E-state index in [0.717, 1.165) is 19.2 Å². The van der Waals surface area contributed by atoms with E-state index in [1.165, 1.54) is 11.8 Å². The Kier molecular flexibility index (Phi) is 11.2. The number of halogens is 1. The van der Waals surface area contributed by atoms with Crippen LogP contribution >= 0.6 is 12.4 Å². The molecule has 0 aromatic carbocycles. The van der Waals surface area contributed by atoms with Crippen LogP contribution in [0.4, 0.5) is 0 Å². The predicted molar refractivity (Wildman–Crippen MR) is 118 cm³/mol. The van der Waals surface area contributed by atoms with E-state index in [-0.39, 0.29) is 49.2 Å². The smallest absolute Gasteiger partial charge is 0.457 e. The molecule has 2 N–H and O–H groups in total. The van der Waals surface area contributed by atoms with Crippen molar-refractivity contribution in [1.29, 1.82) is 0 Å². The Morgan fingerprint density at radius 1 is 1.07 bits per heavy atom. The van der Waals surface area contributed by atoms with Crippen LogP contribution in [0.3, 0.4) is 0 Å². The van der Waals surface area contributed by atoms with E-state index in [0.29, 0.717) is 25.8 Å². The molecule has 7 nitrogen and oxygen atoms in total. The van der Waals surface area contributed by atoms with Gasteiger partial charge in [0.1, 0.15) is 5.54 Å². The predicted octanol–water partition coefficient (Wildman–Crippen LogP) is 3.19. The first kappa shape index (κ1) is 28.2. The number of carbonyl (C=O) groups is 2. The maximum atomic E-state index is 12.8. The van der Waals surface area contributed by atoms with E-state index in [1.54, 1.807) is 14.0 Å². The highest BCUT2D eigenvalue weighted by atomic mass is 35.5. The first-order valence-electron chi connectivity index (χ1n) is 10.4. The van der Waals surface area contributed by atoms with Crippen LogP contribution in [-0.4, -0.2) is 60.8 Å². The van der Waals surface area contributed by atoms with Gasteiger partial charge in [-0.3, -0.25) is 4.79 Å². The Balaban J connectivity index is 0.00000784. The summed E-state index contributed by atoms with van der Waals surface area (Å²) in [6, 6.07) is 0. The maximum Gasteiger partial charge on any atom is 0.457 e. The average Bonchev–Trinajstić information content (AvgIpc) is 2.80. The molecule has 0 aliphatic carbocycles. The molecule has 9 heteroatoms. The zero-order valence-electron chi connectivity index (χ0n) is 19.2. The highest BCUT2D eigenvalue weighted by Crippen LogP contribution is 2.38. The fourth-order valence-electron chi connectivity index (χ4n) is 3.57. The molecule has 0 aromatic heterocycles. The van der Waals surface area contributed by atoms with Crippen LogP contribution in [0, 0.1) is 0 Å². The number of hydrogen-bond donors (Lipinski definition) is 1. The number of unbranched alkanes of at least 4 members (excludes halogenated alkanes) is 1. The molecule has 1 unspecified atom stereocenters. The molecule has 0 spiro atoms. The van der Waals surface area contributed by atoms with Crippen LogP contribution in [0.5, 0.6) is 0 Å². The molecule has 1 atom stereocenters. The lowest BCUT2D eigenvalue weighted by Crippen LogP contribution is -2.55. The van der Waals surface area contributed by atoms with Gasteiger partial charge in [0.2, 0.25) is 5.91 Å². The Bertz CT molecular complexity index is 531. The number of rotatable bonds is 11. The summed E-state index contributed by atoms with van der Waals surface area (Å²) in [4.78, 5) is 26.4. The number of nitrogens with zero attached hydrogens (tertiary/aromatic N) is 1. The average molecular weight is 435 g/mol. The van der Waals surface area contributed by atoms with Crippen LogP contribution in [0.25, 0.3) is 0 Å². The molecule has 1 amide bonds. The minimum atomic E-state index is -0.975. The van der Waals surface area contributed by atoms with E-state index >= 15 is 0 Å². The molecule has 0 radical (unpaired) electrons. The zero-order valence-corrected chi connectivity index (χ0v) is 20.0. The van der Waals surface area contributed by atoms with Gasteiger partial charge < -0.3 is 24.7 Å². The molecule has 1 aliphatic heterocycles. The second-order valence-electron chi connectivity index (χ2n) is 8.65. The molecule has 1 heterocycles. The number of hydrogen-bond acceptors (Lipinski definition) is 6. The Labute approximate surface area is 182 Å². The van der Waals surface area contributed by atoms with E-state index in [2.05, 4.69) is 0 Å². The number of amides is 1. The maximum absolute atomic E-state index is 12.8. The zero-order chi connectivity index (χ0) is 21.6. The summed E-state index contributed by atoms with van der Waals surface area (Å²) < 4.78 is 17.4. The highest BCUT2D eigenvalue weighted by molar-refractivity contribution is 6.45. The fraction of sp³-hybridized carbons (Fsp3) is 0.900. The van der Waals surface area contributed by atoms with E-state index < -0.39 is 5.54 Å². The minimum absolute atomic E-state index is 0. The summed E-state index contributed by atoms with van der Waals surface area (Å²) in [6.45, 7) is 12.1. The molecule has 1 fully saturated rings. The molecule has 170 valence electrons. The van der Waals surface area contributed by atoms with Crippen LogP contribution in [0.2, 0.25) is 6.32 Å². The molecule has 0 bridgehead atoms. The van der Waals surface area contributed by atoms with Gasteiger partial charge in [-0.25, -0.2) is 4.79 Å². The molecule has 0 aromatic rings. The molecule has 0 saturated carbocycles. The second kappa shape index (κ2) is 11.5. The third kappa shape index (κ3) is 6.84. The van der Waals surface area contributed by atoms with Gasteiger partial charge in [0.25, 0.3) is 0 Å². The first-order valence-corrected chi connectivity index (χ1v) is 10.4. The molecular weight excluding hydrogens is 394 g/mol. The van der Waals surface area contributed by atoms with Gasteiger partial charge in [-0.1, -0.05) is 12.8 Å². The van der Waals surface area contributed by atoms with Crippen molar-refractivity contribution in [3.63, 3.8) is 0 Å². The number of esters is 1. The van der Waals surface area contributed by atoms with Crippen molar-refractivity contribution in [1.82, 2.24) is 4.90 Å². The van der Waals surface area contributed by atoms with Gasteiger partial charge in [-0.05, 0) is 66.7 Å². The van der Waals surface area contributed by atoms with E-state index in [4.69, 9.17) is 19.8 Å². The topological polar surface area (TPSA) is 91.1 Å². The van der Waals surface area contributed by atoms with Crippen molar-refractivity contribution in [3.05, 3.63) is 0 Å². The third-order valence-corrected chi connectivity index (χ3v) is 6.15. The number of nitrogens with two attached hydrogens (primary N) is 1. The second-order valence-corrected chi connectivity index (χ2v) is 8.65. The van der Waals surface area contributed by atoms with Gasteiger partial charge in [-0.15, -0.1) is 12.4 Å². The van der Waals surface area contributed by atoms with E-state index in [1.807, 2.05) is 27.7 Å². The van der Waals surface area contributed by atoms with Crippen LogP contribution < -0.4 is 5.73 Å². The van der Waals surface area contributed by atoms with Gasteiger partial charge in [-0.2, -0.15) is 0 Å². The number of ether oxygens (including phenoxy) is 1. The molecule has 1 saturated heterocycles. The normalized spacial score (nSPS) is 19.2. The van der Waals surface area contributed by atoms with Crippen molar-refractivity contribution in [2.24, 2.45) is 5.73 Å². The quantitative estimate of drug-likeness (QED) is 0.305. The summed E-state index contributed by atoms with van der Waals surface area (Å²) in [6.07, 6.45) is 3.99. The Morgan fingerprint density at radius 2 is 1.59 bits per heavy atom. The Morgan fingerprint density at radius 3 is 2.03 bits per heavy atom. The van der Waals surface area contributed by atoms with Gasteiger partial charge in [0.15, 0.2) is 0 Å². The van der Waals surface area contributed by atoms with Crippen molar-refractivity contribution in [2.45, 2.75) is 96.7 Å². The Hall–Kier alpha value is -0.825. The third-order valence-electron chi connectivity index (χ3n) is 6.15. The van der Waals surface area contributed by atoms with Crippen LogP contribution in [0.1, 0.15) is 73.6 Å². The van der Waals surface area contributed by atoms with Gasteiger partial charge in [0, 0.05) is 14.0 Å². The summed E-state index contributed by atoms with van der Waals surface area (Å²) in [7, 11) is 1.42. The van der Waals surface area contributed by atoms with Gasteiger partial charge in [0.05, 0.1) is 17.8 Å². The monoisotopic (exact) mass is 434 g/mol. The largest absolute Gasteiger partial charge is 0.464 e. The SMILES string of the molecule is CCOC(=O)C(CCCN)(CCCCB1OC(C)(C)C(C)(C)O1)N(C)C(C)=O.Cl. The highest BCUT2D eigenvalue weighted by Gasteiger charge is 2.50. The lowest BCUT2D eigenvalue weighted by atomic mass is 9.79. The number of carbonyl (C=O) groups excluding carboxylic acids is 2. The van der Waals surface area contributed by atoms with Crippen molar-refractivity contribution in [3.8, 4) is 0 Å². The van der Waals surface area contributed by atoms with Crippen molar-refractivity contribution in [2.75, 3.05) is 20.2 Å². The molecular formula is C20H40BClN2O5. The van der Waals surface area contributed by atoms with E-state index in [9.17, 15) is 9.59 Å². The molecule has 1 rings (SSSR count). The van der Waals surface area contributed by atoms with Crippen molar-refractivity contribution < 1.29 is 23.6 Å². The first-order chi connectivity index (χ1) is 12.9. The minimum Gasteiger partial charge on any atom is -0.464 e. The van der Waals surface area contributed by atoms with Crippen LogP contribution in [0.15, 0.2) is 0 Å². The molecule has 29 heavy (non-hydrogen) atoms. The lowest BCUT2D eigenvalue weighted by Gasteiger charge is -2.39. The fourth-order valence-corrected chi connectivity index (χ4v) is 3.57. The summed E-state index contributed by atoms with van der Waals surface area (Å²) in [5, 5.41) is 0. The summed E-state index contributed by atoms with van der Waals surface area (Å²) in [5.41, 5.74) is 4.02. The summed E-state index contributed by atoms with van der Waals surface area (Å²) in [5.74, 6) is -0.507. The van der Waals surface area contributed by atoms with Crippen molar-refractivity contribution >= 4 is 31.4 Å². The number of likely N-dealkylation sites (N-methyl/N-ethyl adjacent to an activating group) is 1. The standard InChI is InChI=1S/C20H39BN2O5.ClH/c1-8-26-17(25)20(13-11-15-22,23(7)16(2)24)12-9-10-14-21-27-18(3,4)19(5,6)28-21;/h8-15,22H2,1-7H3;1H.